The Morgan fingerprint density at radius 2 is 2.07 bits per heavy atom. The molecule has 1 fully saturated rings. The van der Waals surface area contributed by atoms with Gasteiger partial charge in [0.25, 0.3) is 0 Å². The average Bonchev–Trinajstić information content (AvgIpc) is 2.28. The number of nitrogens with one attached hydrogen (secondary N) is 1. The van der Waals surface area contributed by atoms with Gasteiger partial charge in [-0.05, 0) is 25.8 Å². The fourth-order valence-corrected chi connectivity index (χ4v) is 2.51. The summed E-state index contributed by atoms with van der Waals surface area (Å²) in [6.07, 6.45) is 2.51. The Morgan fingerprint density at radius 3 is 2.53 bits per heavy atom. The van der Waals surface area contributed by atoms with E-state index in [2.05, 4.69) is 44.8 Å². The van der Waals surface area contributed by atoms with Crippen LogP contribution in [0.3, 0.4) is 0 Å². The minimum absolute atomic E-state index is 0.374. The highest BCUT2D eigenvalue weighted by Crippen LogP contribution is 2.25. The van der Waals surface area contributed by atoms with E-state index in [9.17, 15) is 0 Å². The SMILES string of the molecule is CCC(C)C1CN(CC)C(C)(CC)CN1. The molecule has 2 nitrogen and oxygen atoms in total. The molecule has 0 radical (unpaired) electrons. The molecule has 3 atom stereocenters. The van der Waals surface area contributed by atoms with Crippen LogP contribution in [0.4, 0.5) is 0 Å². The molecular formula is C13H28N2. The lowest BCUT2D eigenvalue weighted by Gasteiger charge is -2.48. The molecule has 90 valence electrons. The van der Waals surface area contributed by atoms with Crippen LogP contribution in [0.2, 0.25) is 0 Å². The van der Waals surface area contributed by atoms with Crippen LogP contribution in [0, 0.1) is 5.92 Å². The number of hydrogen-bond acceptors (Lipinski definition) is 2. The summed E-state index contributed by atoms with van der Waals surface area (Å²) in [5, 5.41) is 3.73. The monoisotopic (exact) mass is 212 g/mol. The summed E-state index contributed by atoms with van der Waals surface area (Å²) in [6.45, 7) is 15.2. The van der Waals surface area contributed by atoms with Crippen molar-refractivity contribution in [3.05, 3.63) is 0 Å². The molecule has 1 aliphatic rings. The second-order valence-electron chi connectivity index (χ2n) is 5.26. The van der Waals surface area contributed by atoms with E-state index >= 15 is 0 Å². The van der Waals surface area contributed by atoms with E-state index < -0.39 is 0 Å². The molecule has 1 saturated heterocycles. The Bertz CT molecular complexity index is 193. The minimum atomic E-state index is 0.374. The summed E-state index contributed by atoms with van der Waals surface area (Å²) in [6, 6.07) is 0.689. The van der Waals surface area contributed by atoms with Gasteiger partial charge < -0.3 is 5.32 Å². The van der Waals surface area contributed by atoms with Crippen molar-refractivity contribution in [2.75, 3.05) is 19.6 Å². The number of hydrogen-bond donors (Lipinski definition) is 1. The van der Waals surface area contributed by atoms with E-state index in [1.54, 1.807) is 0 Å². The van der Waals surface area contributed by atoms with Crippen LogP contribution in [-0.2, 0) is 0 Å². The van der Waals surface area contributed by atoms with Gasteiger partial charge in [0.1, 0.15) is 0 Å². The molecule has 0 spiro atoms. The van der Waals surface area contributed by atoms with E-state index in [4.69, 9.17) is 0 Å². The zero-order valence-electron chi connectivity index (χ0n) is 11.1. The van der Waals surface area contributed by atoms with Crippen molar-refractivity contribution in [1.82, 2.24) is 10.2 Å². The van der Waals surface area contributed by atoms with Gasteiger partial charge in [-0.2, -0.15) is 0 Å². The molecule has 0 aliphatic carbocycles. The van der Waals surface area contributed by atoms with Gasteiger partial charge in [-0.1, -0.05) is 34.1 Å². The molecule has 0 aromatic heterocycles. The molecule has 1 heterocycles. The quantitative estimate of drug-likeness (QED) is 0.770. The van der Waals surface area contributed by atoms with Crippen LogP contribution in [0.1, 0.15) is 47.5 Å². The third-order valence-corrected chi connectivity index (χ3v) is 4.40. The van der Waals surface area contributed by atoms with Gasteiger partial charge in [0.15, 0.2) is 0 Å². The number of nitrogens with zero attached hydrogens (tertiary/aromatic N) is 1. The van der Waals surface area contributed by atoms with Crippen molar-refractivity contribution in [2.24, 2.45) is 5.92 Å². The van der Waals surface area contributed by atoms with E-state index in [0.29, 0.717) is 11.6 Å². The molecule has 0 saturated carbocycles. The van der Waals surface area contributed by atoms with Crippen molar-refractivity contribution in [1.29, 1.82) is 0 Å². The molecule has 2 heteroatoms. The topological polar surface area (TPSA) is 15.3 Å². The minimum Gasteiger partial charge on any atom is -0.311 e. The summed E-state index contributed by atoms with van der Waals surface area (Å²) in [5.41, 5.74) is 0.374. The normalized spacial score (nSPS) is 35.4. The Morgan fingerprint density at radius 1 is 1.40 bits per heavy atom. The fraction of sp³-hybridized carbons (Fsp3) is 1.00. The maximum absolute atomic E-state index is 3.73. The van der Waals surface area contributed by atoms with E-state index in [1.165, 1.54) is 25.9 Å². The molecule has 15 heavy (non-hydrogen) atoms. The van der Waals surface area contributed by atoms with Gasteiger partial charge in [-0.15, -0.1) is 0 Å². The summed E-state index contributed by atoms with van der Waals surface area (Å²) in [4.78, 5) is 2.65. The predicted octanol–water partition coefficient (Wildman–Crippen LogP) is 2.49. The second kappa shape index (κ2) is 5.31. The highest BCUT2D eigenvalue weighted by Gasteiger charge is 2.36. The Labute approximate surface area is 95.4 Å². The highest BCUT2D eigenvalue weighted by atomic mass is 15.3. The summed E-state index contributed by atoms with van der Waals surface area (Å²) < 4.78 is 0. The summed E-state index contributed by atoms with van der Waals surface area (Å²) in [7, 11) is 0. The Kier molecular flexibility index (Phi) is 4.60. The van der Waals surface area contributed by atoms with Crippen molar-refractivity contribution in [2.45, 2.75) is 59.0 Å². The van der Waals surface area contributed by atoms with Crippen molar-refractivity contribution in [3.8, 4) is 0 Å². The number of rotatable bonds is 4. The van der Waals surface area contributed by atoms with Gasteiger partial charge in [0.05, 0.1) is 0 Å². The van der Waals surface area contributed by atoms with E-state index in [0.717, 1.165) is 12.5 Å². The first-order valence-corrected chi connectivity index (χ1v) is 6.55. The lowest BCUT2D eigenvalue weighted by Crippen LogP contribution is -2.64. The third kappa shape index (κ3) is 2.73. The summed E-state index contributed by atoms with van der Waals surface area (Å²) in [5.74, 6) is 0.792. The van der Waals surface area contributed by atoms with Crippen LogP contribution in [0.5, 0.6) is 0 Å². The van der Waals surface area contributed by atoms with Gasteiger partial charge in [-0.25, -0.2) is 0 Å². The molecule has 1 rings (SSSR count). The first-order chi connectivity index (χ1) is 7.07. The third-order valence-electron chi connectivity index (χ3n) is 4.40. The standard InChI is InChI=1S/C13H28N2/c1-6-11(4)12-9-15(8-3)13(5,7-2)10-14-12/h11-12,14H,6-10H2,1-5H3. The molecule has 0 aromatic rings. The van der Waals surface area contributed by atoms with Crippen LogP contribution in [0.15, 0.2) is 0 Å². The molecule has 0 aromatic carbocycles. The van der Waals surface area contributed by atoms with Gasteiger partial charge in [0, 0.05) is 24.7 Å². The highest BCUT2D eigenvalue weighted by molar-refractivity contribution is 4.95. The number of likely N-dealkylation sites (N-methyl/N-ethyl adjacent to an activating group) is 1. The van der Waals surface area contributed by atoms with Crippen molar-refractivity contribution < 1.29 is 0 Å². The van der Waals surface area contributed by atoms with Crippen molar-refractivity contribution >= 4 is 0 Å². The Balaban J connectivity index is 2.62. The van der Waals surface area contributed by atoms with Gasteiger partial charge in [0.2, 0.25) is 0 Å². The average molecular weight is 212 g/mol. The first kappa shape index (κ1) is 13.0. The zero-order chi connectivity index (χ0) is 11.5. The maximum atomic E-state index is 3.73. The van der Waals surface area contributed by atoms with Gasteiger partial charge >= 0.3 is 0 Å². The molecular weight excluding hydrogens is 184 g/mol. The van der Waals surface area contributed by atoms with E-state index in [1.807, 2.05) is 0 Å². The van der Waals surface area contributed by atoms with Crippen LogP contribution >= 0.6 is 0 Å². The zero-order valence-corrected chi connectivity index (χ0v) is 11.1. The number of piperazine rings is 1. The van der Waals surface area contributed by atoms with Crippen molar-refractivity contribution in [3.63, 3.8) is 0 Å². The lowest BCUT2D eigenvalue weighted by molar-refractivity contribution is 0.0412. The van der Waals surface area contributed by atoms with Crippen LogP contribution in [0.25, 0.3) is 0 Å². The maximum Gasteiger partial charge on any atom is 0.0303 e. The molecule has 0 bridgehead atoms. The van der Waals surface area contributed by atoms with E-state index in [-0.39, 0.29) is 0 Å². The van der Waals surface area contributed by atoms with Gasteiger partial charge in [-0.3, -0.25) is 4.90 Å². The second-order valence-corrected chi connectivity index (χ2v) is 5.26. The lowest BCUT2D eigenvalue weighted by atomic mass is 9.88. The molecule has 0 amide bonds. The largest absolute Gasteiger partial charge is 0.311 e. The molecule has 1 N–H and O–H groups in total. The molecule has 3 unspecified atom stereocenters. The smallest absolute Gasteiger partial charge is 0.0303 e. The predicted molar refractivity (Wildman–Crippen MR) is 67.2 cm³/mol. The van der Waals surface area contributed by atoms with Crippen LogP contribution in [-0.4, -0.2) is 36.1 Å². The Hall–Kier alpha value is -0.0800. The van der Waals surface area contributed by atoms with Crippen LogP contribution < -0.4 is 5.32 Å². The summed E-state index contributed by atoms with van der Waals surface area (Å²) >= 11 is 0. The molecule has 1 aliphatic heterocycles. The fourth-order valence-electron chi connectivity index (χ4n) is 2.51. The first-order valence-electron chi connectivity index (χ1n) is 6.55.